The number of methoxy groups -OCH3 is 2. The Morgan fingerprint density at radius 1 is 1.22 bits per heavy atom. The largest absolute Gasteiger partial charge is 0.467 e. The van der Waals surface area contributed by atoms with Crippen LogP contribution >= 0.6 is 0 Å². The molecular weight excluding hydrogens is 236 g/mol. The van der Waals surface area contributed by atoms with E-state index in [2.05, 4.69) is 10.1 Å². The molecule has 0 fully saturated rings. The number of hydrogen-bond acceptors (Lipinski definition) is 5. The molecule has 0 saturated carbocycles. The second-order valence-corrected chi connectivity index (χ2v) is 4.02. The van der Waals surface area contributed by atoms with Crippen LogP contribution in [-0.4, -0.2) is 45.3 Å². The number of esters is 1. The quantitative estimate of drug-likeness (QED) is 0.432. The van der Waals surface area contributed by atoms with Crippen molar-refractivity contribution in [2.45, 2.75) is 38.1 Å². The van der Waals surface area contributed by atoms with Gasteiger partial charge in [-0.15, -0.1) is 0 Å². The van der Waals surface area contributed by atoms with E-state index in [1.54, 1.807) is 7.11 Å². The van der Waals surface area contributed by atoms with Gasteiger partial charge in [0.15, 0.2) is 0 Å². The summed E-state index contributed by atoms with van der Waals surface area (Å²) in [5.74, 6) is -0.573. The molecular formula is C12H24N2O4. The number of carbonyl (C=O) groups is 2. The van der Waals surface area contributed by atoms with Gasteiger partial charge in [0, 0.05) is 20.1 Å². The molecule has 0 saturated heterocycles. The van der Waals surface area contributed by atoms with Crippen molar-refractivity contribution in [2.24, 2.45) is 5.73 Å². The molecule has 18 heavy (non-hydrogen) atoms. The Hall–Kier alpha value is -1.14. The third-order valence-corrected chi connectivity index (χ3v) is 2.52. The molecule has 0 unspecified atom stereocenters. The molecule has 1 atom stereocenters. The summed E-state index contributed by atoms with van der Waals surface area (Å²) in [5, 5.41) is 2.67. The SMILES string of the molecule is COCCCC[C@@H](NC(=O)CCCN)C(=O)OC. The third-order valence-electron chi connectivity index (χ3n) is 2.52. The van der Waals surface area contributed by atoms with Crippen molar-refractivity contribution in [3.8, 4) is 0 Å². The first-order valence-corrected chi connectivity index (χ1v) is 6.21. The maximum Gasteiger partial charge on any atom is 0.328 e. The highest BCUT2D eigenvalue weighted by Gasteiger charge is 2.20. The van der Waals surface area contributed by atoms with Gasteiger partial charge in [-0.25, -0.2) is 4.79 Å². The van der Waals surface area contributed by atoms with Gasteiger partial charge in [0.25, 0.3) is 0 Å². The molecule has 0 aliphatic rings. The van der Waals surface area contributed by atoms with Crippen molar-refractivity contribution in [3.63, 3.8) is 0 Å². The molecule has 0 heterocycles. The lowest BCUT2D eigenvalue weighted by Crippen LogP contribution is -2.41. The average Bonchev–Trinajstić information content (AvgIpc) is 2.38. The fourth-order valence-electron chi connectivity index (χ4n) is 1.52. The zero-order valence-electron chi connectivity index (χ0n) is 11.2. The number of unbranched alkanes of at least 4 members (excludes halogenated alkanes) is 1. The van der Waals surface area contributed by atoms with E-state index in [9.17, 15) is 9.59 Å². The van der Waals surface area contributed by atoms with Gasteiger partial charge in [-0.2, -0.15) is 0 Å². The van der Waals surface area contributed by atoms with Gasteiger partial charge in [0.1, 0.15) is 6.04 Å². The van der Waals surface area contributed by atoms with Crippen LogP contribution in [0.4, 0.5) is 0 Å². The topological polar surface area (TPSA) is 90.6 Å². The lowest BCUT2D eigenvalue weighted by Gasteiger charge is -2.16. The first-order chi connectivity index (χ1) is 8.65. The predicted molar refractivity (Wildman–Crippen MR) is 68.0 cm³/mol. The van der Waals surface area contributed by atoms with Gasteiger partial charge in [0.05, 0.1) is 7.11 Å². The van der Waals surface area contributed by atoms with Crippen molar-refractivity contribution in [1.29, 1.82) is 0 Å². The molecule has 106 valence electrons. The molecule has 0 bridgehead atoms. The number of nitrogens with two attached hydrogens (primary N) is 1. The van der Waals surface area contributed by atoms with Gasteiger partial charge < -0.3 is 20.5 Å². The number of amides is 1. The van der Waals surface area contributed by atoms with E-state index in [0.717, 1.165) is 12.8 Å². The zero-order chi connectivity index (χ0) is 13.8. The van der Waals surface area contributed by atoms with E-state index in [1.165, 1.54) is 7.11 Å². The molecule has 0 aliphatic carbocycles. The van der Waals surface area contributed by atoms with E-state index in [4.69, 9.17) is 10.5 Å². The number of hydrogen-bond donors (Lipinski definition) is 2. The van der Waals surface area contributed by atoms with Crippen LogP contribution in [0.3, 0.4) is 0 Å². The highest BCUT2D eigenvalue weighted by molar-refractivity contribution is 5.84. The van der Waals surface area contributed by atoms with Crippen molar-refractivity contribution < 1.29 is 19.1 Å². The number of carbonyl (C=O) groups excluding carboxylic acids is 2. The molecule has 0 rings (SSSR count). The van der Waals surface area contributed by atoms with Crippen LogP contribution in [0.2, 0.25) is 0 Å². The summed E-state index contributed by atoms with van der Waals surface area (Å²) in [6, 6.07) is -0.572. The first kappa shape index (κ1) is 16.9. The Morgan fingerprint density at radius 3 is 2.50 bits per heavy atom. The minimum absolute atomic E-state index is 0.164. The molecule has 1 amide bonds. The number of nitrogens with one attached hydrogen (secondary N) is 1. The molecule has 6 heteroatoms. The summed E-state index contributed by atoms with van der Waals surface area (Å²) in [6.07, 6.45) is 3.16. The van der Waals surface area contributed by atoms with E-state index in [-0.39, 0.29) is 5.91 Å². The Kier molecular flexibility index (Phi) is 10.3. The fourth-order valence-corrected chi connectivity index (χ4v) is 1.52. The normalized spacial score (nSPS) is 11.9. The van der Waals surface area contributed by atoms with Crippen molar-refractivity contribution in [1.82, 2.24) is 5.32 Å². The summed E-state index contributed by atoms with van der Waals surface area (Å²) < 4.78 is 9.59. The maximum absolute atomic E-state index is 11.5. The minimum atomic E-state index is -0.572. The molecule has 0 radical (unpaired) electrons. The van der Waals surface area contributed by atoms with Gasteiger partial charge in [-0.05, 0) is 32.2 Å². The first-order valence-electron chi connectivity index (χ1n) is 6.21. The second-order valence-electron chi connectivity index (χ2n) is 4.02. The van der Waals surface area contributed by atoms with Crippen molar-refractivity contribution >= 4 is 11.9 Å². The zero-order valence-corrected chi connectivity index (χ0v) is 11.2. The molecule has 0 aliphatic heterocycles. The Bertz CT molecular complexity index is 246. The lowest BCUT2D eigenvalue weighted by atomic mass is 10.1. The molecule has 0 aromatic heterocycles. The van der Waals surface area contributed by atoms with E-state index in [1.807, 2.05) is 0 Å². The second kappa shape index (κ2) is 11.0. The van der Waals surface area contributed by atoms with Crippen LogP contribution in [0.25, 0.3) is 0 Å². The highest BCUT2D eigenvalue weighted by Crippen LogP contribution is 2.04. The smallest absolute Gasteiger partial charge is 0.328 e. The molecule has 0 spiro atoms. The fraction of sp³-hybridized carbons (Fsp3) is 0.833. The summed E-state index contributed by atoms with van der Waals surface area (Å²) in [6.45, 7) is 1.11. The summed E-state index contributed by atoms with van der Waals surface area (Å²) >= 11 is 0. The van der Waals surface area contributed by atoms with Crippen LogP contribution in [0.15, 0.2) is 0 Å². The van der Waals surface area contributed by atoms with Gasteiger partial charge in [0.2, 0.25) is 5.91 Å². The summed E-state index contributed by atoms with van der Waals surface area (Å²) in [4.78, 5) is 23.0. The molecule has 6 nitrogen and oxygen atoms in total. The van der Waals surface area contributed by atoms with Gasteiger partial charge in [-0.3, -0.25) is 4.79 Å². The highest BCUT2D eigenvalue weighted by atomic mass is 16.5. The minimum Gasteiger partial charge on any atom is -0.467 e. The standard InChI is InChI=1S/C12H24N2O4/c1-17-9-4-3-6-10(12(16)18-2)14-11(15)7-5-8-13/h10H,3-9,13H2,1-2H3,(H,14,15)/t10-/m1/s1. The average molecular weight is 260 g/mol. The Labute approximate surface area is 108 Å². The van der Waals surface area contributed by atoms with Crippen LogP contribution in [0.5, 0.6) is 0 Å². The molecule has 0 aromatic rings. The van der Waals surface area contributed by atoms with Crippen LogP contribution < -0.4 is 11.1 Å². The molecule has 3 N–H and O–H groups in total. The van der Waals surface area contributed by atoms with E-state index < -0.39 is 12.0 Å². The third kappa shape index (κ3) is 8.03. The monoisotopic (exact) mass is 260 g/mol. The van der Waals surface area contributed by atoms with E-state index in [0.29, 0.717) is 32.4 Å². The number of rotatable bonds is 10. The van der Waals surface area contributed by atoms with E-state index >= 15 is 0 Å². The van der Waals surface area contributed by atoms with Gasteiger partial charge >= 0.3 is 5.97 Å². The van der Waals surface area contributed by atoms with Crippen LogP contribution in [0.1, 0.15) is 32.1 Å². The summed E-state index contributed by atoms with van der Waals surface area (Å²) in [5.41, 5.74) is 5.32. The van der Waals surface area contributed by atoms with Crippen LogP contribution in [-0.2, 0) is 19.1 Å². The van der Waals surface area contributed by atoms with Crippen LogP contribution in [0, 0.1) is 0 Å². The maximum atomic E-state index is 11.5. The lowest BCUT2D eigenvalue weighted by molar-refractivity contribution is -0.145. The van der Waals surface area contributed by atoms with Crippen molar-refractivity contribution in [2.75, 3.05) is 27.4 Å². The Balaban J connectivity index is 4.06. The Morgan fingerprint density at radius 2 is 1.94 bits per heavy atom. The predicted octanol–water partition coefficient (Wildman–Crippen LogP) is 0.200. The summed E-state index contributed by atoms with van der Waals surface area (Å²) in [7, 11) is 2.95. The van der Waals surface area contributed by atoms with Crippen molar-refractivity contribution in [3.05, 3.63) is 0 Å². The number of ether oxygens (including phenoxy) is 2. The molecule has 0 aromatic carbocycles. The van der Waals surface area contributed by atoms with Gasteiger partial charge in [-0.1, -0.05) is 0 Å².